The van der Waals surface area contributed by atoms with Gasteiger partial charge in [-0.05, 0) is 35.0 Å². The number of benzene rings is 1. The molecule has 0 heterocycles. The Morgan fingerprint density at radius 3 is 2.83 bits per heavy atom. The Morgan fingerprint density at radius 2 is 2.28 bits per heavy atom. The summed E-state index contributed by atoms with van der Waals surface area (Å²) in [5, 5.41) is 13.5. The molecule has 6 nitrogen and oxygen atoms in total. The summed E-state index contributed by atoms with van der Waals surface area (Å²) < 4.78 is 5.16. The Balaban J connectivity index is 2.97. The lowest BCUT2D eigenvalue weighted by atomic mass is 10.2. The SMILES string of the molecule is CCOC(=O)CNc1c(Br)ccc(Cl)c1[N+](=O)[O-]. The van der Waals surface area contributed by atoms with Gasteiger partial charge in [0.25, 0.3) is 0 Å². The third-order valence-electron chi connectivity index (χ3n) is 1.98. The lowest BCUT2D eigenvalue weighted by Crippen LogP contribution is -2.17. The quantitative estimate of drug-likeness (QED) is 0.507. The maximum absolute atomic E-state index is 11.2. The van der Waals surface area contributed by atoms with Crippen molar-refractivity contribution in [3.63, 3.8) is 0 Å². The average Bonchev–Trinajstić information content (AvgIpc) is 2.30. The van der Waals surface area contributed by atoms with Crippen molar-refractivity contribution >= 4 is 44.9 Å². The van der Waals surface area contributed by atoms with Crippen LogP contribution < -0.4 is 5.32 Å². The zero-order chi connectivity index (χ0) is 13.7. The number of nitro groups is 1. The van der Waals surface area contributed by atoms with Crippen molar-refractivity contribution in [2.24, 2.45) is 0 Å². The second-order valence-corrected chi connectivity index (χ2v) is 4.43. The highest BCUT2D eigenvalue weighted by Crippen LogP contribution is 2.38. The Bertz CT molecular complexity index is 481. The number of nitro benzene ring substituents is 1. The third-order valence-corrected chi connectivity index (χ3v) is 2.94. The van der Waals surface area contributed by atoms with Crippen LogP contribution in [-0.4, -0.2) is 24.0 Å². The summed E-state index contributed by atoms with van der Waals surface area (Å²) in [6.07, 6.45) is 0. The first-order valence-electron chi connectivity index (χ1n) is 4.99. The van der Waals surface area contributed by atoms with Gasteiger partial charge in [-0.1, -0.05) is 11.6 Å². The largest absolute Gasteiger partial charge is 0.465 e. The highest BCUT2D eigenvalue weighted by atomic mass is 79.9. The summed E-state index contributed by atoms with van der Waals surface area (Å²) in [5.41, 5.74) is -0.129. The average molecular weight is 338 g/mol. The van der Waals surface area contributed by atoms with E-state index in [1.54, 1.807) is 13.0 Å². The maximum Gasteiger partial charge on any atom is 0.325 e. The van der Waals surface area contributed by atoms with Gasteiger partial charge in [0.2, 0.25) is 0 Å². The van der Waals surface area contributed by atoms with E-state index in [9.17, 15) is 14.9 Å². The van der Waals surface area contributed by atoms with Gasteiger partial charge in [-0.25, -0.2) is 0 Å². The predicted octanol–water partition coefficient (Wildman–Crippen LogP) is 2.99. The van der Waals surface area contributed by atoms with E-state index in [4.69, 9.17) is 16.3 Å². The van der Waals surface area contributed by atoms with Crippen LogP contribution in [0.15, 0.2) is 16.6 Å². The Hall–Kier alpha value is -1.34. The first-order valence-corrected chi connectivity index (χ1v) is 6.16. The zero-order valence-corrected chi connectivity index (χ0v) is 11.7. The number of esters is 1. The summed E-state index contributed by atoms with van der Waals surface area (Å²) in [4.78, 5) is 21.5. The molecular weight excluding hydrogens is 327 g/mol. The third kappa shape index (κ3) is 3.58. The van der Waals surface area contributed by atoms with Gasteiger partial charge >= 0.3 is 11.7 Å². The van der Waals surface area contributed by atoms with E-state index in [0.717, 1.165) is 0 Å². The molecule has 1 aromatic carbocycles. The van der Waals surface area contributed by atoms with Crippen LogP contribution in [0.5, 0.6) is 0 Å². The molecule has 0 aliphatic rings. The minimum Gasteiger partial charge on any atom is -0.465 e. The molecule has 1 N–H and O–H groups in total. The number of carbonyl (C=O) groups excluding carboxylic acids is 1. The molecule has 1 rings (SSSR count). The Morgan fingerprint density at radius 1 is 1.61 bits per heavy atom. The molecule has 0 atom stereocenters. The van der Waals surface area contributed by atoms with E-state index < -0.39 is 10.9 Å². The normalized spacial score (nSPS) is 9.94. The fraction of sp³-hybridized carbons (Fsp3) is 0.300. The van der Waals surface area contributed by atoms with Gasteiger partial charge in [-0.2, -0.15) is 0 Å². The van der Waals surface area contributed by atoms with Crippen molar-refractivity contribution < 1.29 is 14.5 Å². The molecule has 0 unspecified atom stereocenters. The van der Waals surface area contributed by atoms with Gasteiger partial charge in [0.05, 0.1) is 11.5 Å². The number of ether oxygens (including phenoxy) is 1. The number of anilines is 1. The van der Waals surface area contributed by atoms with E-state index in [0.29, 0.717) is 4.47 Å². The lowest BCUT2D eigenvalue weighted by Gasteiger charge is -2.09. The highest BCUT2D eigenvalue weighted by Gasteiger charge is 2.22. The van der Waals surface area contributed by atoms with Crippen molar-refractivity contribution in [1.82, 2.24) is 0 Å². The molecule has 0 saturated heterocycles. The van der Waals surface area contributed by atoms with Crippen LogP contribution >= 0.6 is 27.5 Å². The topological polar surface area (TPSA) is 81.5 Å². The molecule has 0 saturated carbocycles. The fourth-order valence-corrected chi connectivity index (χ4v) is 1.95. The molecule has 0 radical (unpaired) electrons. The molecule has 98 valence electrons. The summed E-state index contributed by atoms with van der Waals surface area (Å²) in [5.74, 6) is -0.501. The molecule has 0 amide bonds. The molecular formula is C10H10BrClN2O4. The van der Waals surface area contributed by atoms with Gasteiger partial charge in [0.1, 0.15) is 17.3 Å². The maximum atomic E-state index is 11.2. The van der Waals surface area contributed by atoms with E-state index >= 15 is 0 Å². The molecule has 0 fully saturated rings. The monoisotopic (exact) mass is 336 g/mol. The number of halogens is 2. The first kappa shape index (κ1) is 14.7. The van der Waals surface area contributed by atoms with Gasteiger partial charge in [-0.15, -0.1) is 0 Å². The van der Waals surface area contributed by atoms with Crippen LogP contribution in [-0.2, 0) is 9.53 Å². The summed E-state index contributed by atoms with van der Waals surface area (Å²) in [7, 11) is 0. The molecule has 8 heteroatoms. The van der Waals surface area contributed by atoms with E-state index in [2.05, 4.69) is 21.2 Å². The molecule has 0 aliphatic heterocycles. The van der Waals surface area contributed by atoms with Crippen molar-refractivity contribution in [2.75, 3.05) is 18.5 Å². The number of rotatable bonds is 5. The van der Waals surface area contributed by atoms with Gasteiger partial charge < -0.3 is 10.1 Å². The number of nitrogens with zero attached hydrogens (tertiary/aromatic N) is 1. The van der Waals surface area contributed by atoms with Crippen LogP contribution in [0.3, 0.4) is 0 Å². The molecule has 1 aromatic rings. The zero-order valence-electron chi connectivity index (χ0n) is 9.41. The predicted molar refractivity (Wildman–Crippen MR) is 70.9 cm³/mol. The first-order chi connectivity index (χ1) is 8.47. The molecule has 0 aliphatic carbocycles. The van der Waals surface area contributed by atoms with Crippen molar-refractivity contribution in [2.45, 2.75) is 6.92 Å². The lowest BCUT2D eigenvalue weighted by molar-refractivity contribution is -0.383. The van der Waals surface area contributed by atoms with Crippen LogP contribution in [0, 0.1) is 10.1 Å². The van der Waals surface area contributed by atoms with Crippen LogP contribution in [0.2, 0.25) is 5.02 Å². The summed E-state index contributed by atoms with van der Waals surface area (Å²) >= 11 is 8.92. The Labute approximate surface area is 117 Å². The number of hydrogen-bond donors (Lipinski definition) is 1. The van der Waals surface area contributed by atoms with Crippen LogP contribution in [0.25, 0.3) is 0 Å². The van der Waals surface area contributed by atoms with Crippen molar-refractivity contribution in [3.05, 3.63) is 31.7 Å². The second-order valence-electron chi connectivity index (χ2n) is 3.17. The second kappa shape index (κ2) is 6.55. The van der Waals surface area contributed by atoms with E-state index in [1.807, 2.05) is 0 Å². The van der Waals surface area contributed by atoms with Crippen molar-refractivity contribution in [1.29, 1.82) is 0 Å². The van der Waals surface area contributed by atoms with E-state index in [1.165, 1.54) is 6.07 Å². The standard InChI is InChI=1S/C10H10BrClN2O4/c1-2-18-8(15)5-13-9-6(11)3-4-7(12)10(9)14(16)17/h3-4,13H,2,5H2,1H3. The number of nitrogens with one attached hydrogen (secondary N) is 1. The number of hydrogen-bond acceptors (Lipinski definition) is 5. The van der Waals surface area contributed by atoms with Gasteiger partial charge in [-0.3, -0.25) is 14.9 Å². The van der Waals surface area contributed by atoms with Gasteiger partial charge in [0.15, 0.2) is 0 Å². The Kier molecular flexibility index (Phi) is 5.36. The molecule has 18 heavy (non-hydrogen) atoms. The highest BCUT2D eigenvalue weighted by molar-refractivity contribution is 9.10. The minimum atomic E-state index is -0.611. The number of carbonyl (C=O) groups is 1. The summed E-state index contributed by atoms with van der Waals surface area (Å²) in [6, 6.07) is 2.96. The smallest absolute Gasteiger partial charge is 0.325 e. The minimum absolute atomic E-state index is 0.00504. The molecule has 0 aromatic heterocycles. The van der Waals surface area contributed by atoms with Crippen LogP contribution in [0.1, 0.15) is 6.92 Å². The van der Waals surface area contributed by atoms with Crippen LogP contribution in [0.4, 0.5) is 11.4 Å². The van der Waals surface area contributed by atoms with Crippen molar-refractivity contribution in [3.8, 4) is 0 Å². The van der Waals surface area contributed by atoms with E-state index in [-0.39, 0.29) is 29.5 Å². The fourth-order valence-electron chi connectivity index (χ4n) is 1.26. The molecule has 0 spiro atoms. The van der Waals surface area contributed by atoms with Gasteiger partial charge in [0, 0.05) is 4.47 Å². The molecule has 0 bridgehead atoms. The summed E-state index contributed by atoms with van der Waals surface area (Å²) in [6.45, 7) is 1.75.